The first-order valence-electron chi connectivity index (χ1n) is 5.99. The topological polar surface area (TPSA) is 98.2 Å². The quantitative estimate of drug-likeness (QED) is 0.867. The molecule has 0 radical (unpaired) electrons. The Labute approximate surface area is 109 Å². The maximum absolute atomic E-state index is 11.4. The van der Waals surface area contributed by atoms with Crippen LogP contribution < -0.4 is 5.73 Å². The van der Waals surface area contributed by atoms with Gasteiger partial charge in [-0.3, -0.25) is 4.79 Å². The number of aromatic nitrogens is 2. The van der Waals surface area contributed by atoms with Crippen LogP contribution in [0.5, 0.6) is 0 Å². The van der Waals surface area contributed by atoms with Crippen LogP contribution in [0.25, 0.3) is 11.0 Å². The number of nitrogens with zero attached hydrogens (tertiary/aromatic N) is 2. The Morgan fingerprint density at radius 1 is 1.47 bits per heavy atom. The molecule has 3 N–H and O–H groups in total. The molecule has 6 nitrogen and oxygen atoms in total. The molecule has 1 heterocycles. The number of primary amides is 1. The van der Waals surface area contributed by atoms with Crippen molar-refractivity contribution in [2.75, 3.05) is 0 Å². The number of aromatic carboxylic acids is 1. The molecular weight excluding hydrogens is 246 g/mol. The number of carboxylic acid groups (broad SMARTS) is 1. The van der Waals surface area contributed by atoms with E-state index >= 15 is 0 Å². The minimum atomic E-state index is -1.05. The van der Waals surface area contributed by atoms with Gasteiger partial charge in [0, 0.05) is 6.42 Å². The van der Waals surface area contributed by atoms with Crippen molar-refractivity contribution in [1.29, 1.82) is 0 Å². The fourth-order valence-corrected chi connectivity index (χ4v) is 2.16. The maximum Gasteiger partial charge on any atom is 0.337 e. The first-order chi connectivity index (χ1) is 8.97. The van der Waals surface area contributed by atoms with Crippen molar-refractivity contribution in [2.45, 2.75) is 26.3 Å². The molecule has 0 saturated heterocycles. The van der Waals surface area contributed by atoms with E-state index in [0.717, 1.165) is 0 Å². The molecule has 0 aliphatic rings. The van der Waals surface area contributed by atoms with Crippen LogP contribution in [-0.2, 0) is 11.2 Å². The number of carboxylic acids is 1. The molecule has 0 saturated carbocycles. The number of rotatable bonds is 4. The Balaban J connectivity index is 2.85. The zero-order valence-corrected chi connectivity index (χ0v) is 10.8. The second kappa shape index (κ2) is 4.72. The molecule has 0 bridgehead atoms. The van der Waals surface area contributed by atoms with Gasteiger partial charge in [-0.2, -0.15) is 0 Å². The lowest BCUT2D eigenvalue weighted by atomic mass is 10.1. The van der Waals surface area contributed by atoms with Crippen LogP contribution in [-0.4, -0.2) is 26.5 Å². The zero-order valence-electron chi connectivity index (χ0n) is 10.8. The third kappa shape index (κ3) is 2.05. The molecule has 6 heteroatoms. The third-order valence-electron chi connectivity index (χ3n) is 3.13. The summed E-state index contributed by atoms with van der Waals surface area (Å²) in [6, 6.07) is 4.22. The van der Waals surface area contributed by atoms with Crippen molar-refractivity contribution >= 4 is 22.9 Å². The van der Waals surface area contributed by atoms with Crippen LogP contribution in [0, 0.1) is 0 Å². The number of amides is 1. The molecule has 0 fully saturated rings. The van der Waals surface area contributed by atoms with Gasteiger partial charge in [-0.15, -0.1) is 0 Å². The highest BCUT2D eigenvalue weighted by Gasteiger charge is 2.22. The minimum Gasteiger partial charge on any atom is -0.478 e. The van der Waals surface area contributed by atoms with E-state index < -0.39 is 17.9 Å². The molecule has 2 aromatic rings. The van der Waals surface area contributed by atoms with Crippen molar-refractivity contribution in [2.24, 2.45) is 5.73 Å². The highest BCUT2D eigenvalue weighted by Crippen LogP contribution is 2.25. The maximum atomic E-state index is 11.4. The van der Waals surface area contributed by atoms with Gasteiger partial charge in [-0.1, -0.05) is 13.0 Å². The van der Waals surface area contributed by atoms with E-state index in [4.69, 9.17) is 5.73 Å². The Bertz CT molecular complexity index is 660. The molecule has 0 aliphatic carbocycles. The number of hydrogen-bond donors (Lipinski definition) is 2. The molecule has 19 heavy (non-hydrogen) atoms. The first kappa shape index (κ1) is 13.1. The normalized spacial score (nSPS) is 12.5. The fourth-order valence-electron chi connectivity index (χ4n) is 2.16. The summed E-state index contributed by atoms with van der Waals surface area (Å²) in [6.07, 6.45) is 0.589. The van der Waals surface area contributed by atoms with Gasteiger partial charge in [-0.25, -0.2) is 9.78 Å². The predicted octanol–water partition coefficient (Wildman–Crippen LogP) is 1.34. The van der Waals surface area contributed by atoms with Crippen LogP contribution in [0.3, 0.4) is 0 Å². The lowest BCUT2D eigenvalue weighted by Gasteiger charge is -2.14. The Morgan fingerprint density at radius 2 is 2.16 bits per heavy atom. The third-order valence-corrected chi connectivity index (χ3v) is 3.13. The predicted molar refractivity (Wildman–Crippen MR) is 70.0 cm³/mol. The summed E-state index contributed by atoms with van der Waals surface area (Å²) in [5.41, 5.74) is 6.46. The van der Waals surface area contributed by atoms with E-state index in [9.17, 15) is 14.7 Å². The summed E-state index contributed by atoms with van der Waals surface area (Å²) in [5.74, 6) is -0.921. The smallest absolute Gasteiger partial charge is 0.337 e. The van der Waals surface area contributed by atoms with Crippen molar-refractivity contribution in [1.82, 2.24) is 9.55 Å². The van der Waals surface area contributed by atoms with Crippen molar-refractivity contribution in [3.05, 3.63) is 29.6 Å². The highest BCUT2D eigenvalue weighted by molar-refractivity contribution is 6.01. The van der Waals surface area contributed by atoms with Gasteiger partial charge in [0.25, 0.3) is 0 Å². The van der Waals surface area contributed by atoms with Gasteiger partial charge in [0.2, 0.25) is 5.91 Å². The molecule has 1 aromatic heterocycles. The van der Waals surface area contributed by atoms with Gasteiger partial charge < -0.3 is 15.4 Å². The lowest BCUT2D eigenvalue weighted by molar-refractivity contribution is -0.120. The molecule has 100 valence electrons. The van der Waals surface area contributed by atoms with Gasteiger partial charge in [-0.05, 0) is 19.1 Å². The SMILES string of the molecule is CCc1nc2cccc(C(=O)O)c2n1C(C)C(N)=O. The largest absolute Gasteiger partial charge is 0.478 e. The second-order valence-electron chi connectivity index (χ2n) is 4.31. The number of carbonyl (C=O) groups excluding carboxylic acids is 1. The van der Waals surface area contributed by atoms with E-state index in [1.807, 2.05) is 6.92 Å². The van der Waals surface area contributed by atoms with Gasteiger partial charge >= 0.3 is 5.97 Å². The van der Waals surface area contributed by atoms with Crippen molar-refractivity contribution in [3.63, 3.8) is 0 Å². The number of aryl methyl sites for hydroxylation is 1. The summed E-state index contributed by atoms with van der Waals surface area (Å²) >= 11 is 0. The van der Waals surface area contributed by atoms with Crippen molar-refractivity contribution in [3.8, 4) is 0 Å². The van der Waals surface area contributed by atoms with E-state index in [2.05, 4.69) is 4.98 Å². The molecular formula is C13H15N3O3. The number of hydrogen-bond acceptors (Lipinski definition) is 3. The lowest BCUT2D eigenvalue weighted by Crippen LogP contribution is -2.25. The Hall–Kier alpha value is -2.37. The van der Waals surface area contributed by atoms with E-state index in [0.29, 0.717) is 23.3 Å². The summed E-state index contributed by atoms with van der Waals surface area (Å²) in [4.78, 5) is 27.1. The first-order valence-corrected chi connectivity index (χ1v) is 5.99. The monoisotopic (exact) mass is 261 g/mol. The number of carbonyl (C=O) groups is 2. The average Bonchev–Trinajstić information content (AvgIpc) is 2.75. The molecule has 0 spiro atoms. The van der Waals surface area contributed by atoms with Crippen LogP contribution in [0.2, 0.25) is 0 Å². The van der Waals surface area contributed by atoms with E-state index in [1.165, 1.54) is 6.07 Å². The molecule has 0 aliphatic heterocycles. The number of fused-ring (bicyclic) bond motifs is 1. The minimum absolute atomic E-state index is 0.123. The summed E-state index contributed by atoms with van der Waals surface area (Å²) in [7, 11) is 0. The van der Waals surface area contributed by atoms with Crippen molar-refractivity contribution < 1.29 is 14.7 Å². The van der Waals surface area contributed by atoms with Crippen LogP contribution in [0.15, 0.2) is 18.2 Å². The molecule has 2 rings (SSSR count). The molecule has 1 amide bonds. The van der Waals surface area contributed by atoms with E-state index in [-0.39, 0.29) is 5.56 Å². The summed E-state index contributed by atoms with van der Waals surface area (Å²) in [5, 5.41) is 9.25. The highest BCUT2D eigenvalue weighted by atomic mass is 16.4. The number of benzene rings is 1. The van der Waals surface area contributed by atoms with Crippen LogP contribution >= 0.6 is 0 Å². The van der Waals surface area contributed by atoms with E-state index in [1.54, 1.807) is 23.6 Å². The standard InChI is InChI=1S/C13H15N3O3/c1-3-10-15-9-6-4-5-8(13(18)19)11(9)16(10)7(2)12(14)17/h4-7H,3H2,1-2H3,(H2,14,17)(H,18,19). The Morgan fingerprint density at radius 3 is 2.68 bits per heavy atom. The average molecular weight is 261 g/mol. The van der Waals surface area contributed by atoms with Crippen LogP contribution in [0.4, 0.5) is 0 Å². The van der Waals surface area contributed by atoms with Crippen LogP contribution in [0.1, 0.15) is 36.1 Å². The van der Waals surface area contributed by atoms with Gasteiger partial charge in [0.15, 0.2) is 0 Å². The van der Waals surface area contributed by atoms with Gasteiger partial charge in [0.05, 0.1) is 16.6 Å². The number of imidazole rings is 1. The zero-order chi connectivity index (χ0) is 14.2. The number of nitrogens with two attached hydrogens (primary N) is 1. The summed E-state index contributed by atoms with van der Waals surface area (Å²) < 4.78 is 1.61. The second-order valence-corrected chi connectivity index (χ2v) is 4.31. The molecule has 1 unspecified atom stereocenters. The fraction of sp³-hybridized carbons (Fsp3) is 0.308. The van der Waals surface area contributed by atoms with Gasteiger partial charge in [0.1, 0.15) is 11.9 Å². The Kier molecular flexibility index (Phi) is 3.25. The summed E-state index contributed by atoms with van der Waals surface area (Å²) in [6.45, 7) is 3.53. The molecule has 1 aromatic carbocycles. The molecule has 1 atom stereocenters. The number of para-hydroxylation sites is 1.